The van der Waals surface area contributed by atoms with Gasteiger partial charge in [-0.15, -0.1) is 0 Å². The molecule has 0 aliphatic heterocycles. The fraction of sp³-hybridized carbons (Fsp3) is 0.500. The van der Waals surface area contributed by atoms with Gasteiger partial charge in [-0.25, -0.2) is 0 Å². The minimum absolute atomic E-state index is 0.163. The van der Waals surface area contributed by atoms with Crippen molar-refractivity contribution in [1.29, 1.82) is 0 Å². The summed E-state index contributed by atoms with van der Waals surface area (Å²) in [5.41, 5.74) is -0.636. The van der Waals surface area contributed by atoms with Gasteiger partial charge in [0.15, 0.2) is 0 Å². The van der Waals surface area contributed by atoms with Gasteiger partial charge in [0.05, 0.1) is 31.7 Å². The minimum atomic E-state index is -1.48. The highest BCUT2D eigenvalue weighted by atomic mass is 16.5. The Hall–Kier alpha value is -2.45. The molecule has 0 aromatic heterocycles. The highest BCUT2D eigenvalue weighted by Gasteiger charge is 2.46. The first-order valence-electron chi connectivity index (χ1n) is 8.04. The number of hydrogen-bond donors (Lipinski definition) is 3. The van der Waals surface area contributed by atoms with Crippen molar-refractivity contribution in [2.45, 2.75) is 33.0 Å². The number of carbonyl (C=O) groups is 3. The second-order valence-electron chi connectivity index (χ2n) is 6.29. The molecule has 0 aliphatic rings. The standard InChI is InChI=1S/C18H24O8/c1-12(19)26-10-15(20)18(2,14(17(23)24)8-16(21)22)11-25-9-13-6-4-3-5-7-13/h3-7,14-15,20H,8-11H2,1-2H3,(H,21,22)(H,23,24)/t14-,15+,18?/m0/s1. The largest absolute Gasteiger partial charge is 0.481 e. The van der Waals surface area contributed by atoms with E-state index in [1.165, 1.54) is 6.92 Å². The second kappa shape index (κ2) is 9.88. The van der Waals surface area contributed by atoms with Crippen LogP contribution in [0.2, 0.25) is 0 Å². The normalized spacial score (nSPS) is 15.5. The molecule has 144 valence electrons. The first kappa shape index (κ1) is 21.6. The smallest absolute Gasteiger partial charge is 0.307 e. The maximum atomic E-state index is 11.6. The van der Waals surface area contributed by atoms with E-state index in [2.05, 4.69) is 0 Å². The number of rotatable bonds is 11. The van der Waals surface area contributed by atoms with E-state index in [1.807, 2.05) is 30.3 Å². The first-order valence-corrected chi connectivity index (χ1v) is 8.04. The monoisotopic (exact) mass is 368 g/mol. The zero-order chi connectivity index (χ0) is 19.7. The van der Waals surface area contributed by atoms with Gasteiger partial charge in [0.2, 0.25) is 0 Å². The zero-order valence-corrected chi connectivity index (χ0v) is 14.8. The molecule has 0 saturated heterocycles. The Morgan fingerprint density at radius 1 is 1.15 bits per heavy atom. The summed E-state index contributed by atoms with van der Waals surface area (Å²) >= 11 is 0. The third-order valence-electron chi connectivity index (χ3n) is 4.20. The molecule has 0 spiro atoms. The molecule has 8 nitrogen and oxygen atoms in total. The van der Waals surface area contributed by atoms with Crippen molar-refractivity contribution >= 4 is 17.9 Å². The van der Waals surface area contributed by atoms with Crippen LogP contribution in [-0.4, -0.2) is 52.5 Å². The van der Waals surface area contributed by atoms with Crippen LogP contribution >= 0.6 is 0 Å². The molecule has 0 bridgehead atoms. The minimum Gasteiger partial charge on any atom is -0.481 e. The lowest BCUT2D eigenvalue weighted by Gasteiger charge is -2.38. The second-order valence-corrected chi connectivity index (χ2v) is 6.29. The van der Waals surface area contributed by atoms with E-state index >= 15 is 0 Å². The van der Waals surface area contributed by atoms with Crippen LogP contribution in [0.1, 0.15) is 25.8 Å². The Labute approximate surface area is 151 Å². The average molecular weight is 368 g/mol. The Bertz CT molecular complexity index is 615. The van der Waals surface area contributed by atoms with Crippen LogP contribution in [0.25, 0.3) is 0 Å². The lowest BCUT2D eigenvalue weighted by Crippen LogP contribution is -2.49. The van der Waals surface area contributed by atoms with Crippen molar-refractivity contribution < 1.29 is 39.2 Å². The molecule has 1 aromatic carbocycles. The molecule has 0 saturated carbocycles. The quantitative estimate of drug-likeness (QED) is 0.498. The van der Waals surface area contributed by atoms with Crippen molar-refractivity contribution in [3.63, 3.8) is 0 Å². The van der Waals surface area contributed by atoms with Crippen molar-refractivity contribution in [2.24, 2.45) is 11.3 Å². The topological polar surface area (TPSA) is 130 Å². The molecule has 3 atom stereocenters. The average Bonchev–Trinajstić information content (AvgIpc) is 2.57. The number of hydrogen-bond acceptors (Lipinski definition) is 6. The van der Waals surface area contributed by atoms with Gasteiger partial charge in [-0.05, 0) is 5.56 Å². The highest BCUT2D eigenvalue weighted by Crippen LogP contribution is 2.35. The fourth-order valence-corrected chi connectivity index (χ4v) is 2.56. The van der Waals surface area contributed by atoms with Gasteiger partial charge in [0.25, 0.3) is 0 Å². The molecular weight excluding hydrogens is 344 g/mol. The summed E-state index contributed by atoms with van der Waals surface area (Å²) in [6.45, 7) is 2.05. The van der Waals surface area contributed by atoms with E-state index in [9.17, 15) is 24.6 Å². The summed E-state index contributed by atoms with van der Waals surface area (Å²) in [5, 5.41) is 28.9. The lowest BCUT2D eigenvalue weighted by molar-refractivity contribution is -0.167. The van der Waals surface area contributed by atoms with Gasteiger partial charge in [0, 0.05) is 12.3 Å². The van der Waals surface area contributed by atoms with Gasteiger partial charge < -0.3 is 24.8 Å². The summed E-state index contributed by atoms with van der Waals surface area (Å²) in [6, 6.07) is 9.11. The van der Waals surface area contributed by atoms with Crippen LogP contribution in [0.4, 0.5) is 0 Å². The molecule has 1 aromatic rings. The number of aliphatic hydroxyl groups is 1. The molecule has 0 fully saturated rings. The Balaban J connectivity index is 2.95. The molecule has 8 heteroatoms. The van der Waals surface area contributed by atoms with Crippen LogP contribution < -0.4 is 0 Å². The van der Waals surface area contributed by atoms with E-state index in [4.69, 9.17) is 14.6 Å². The van der Waals surface area contributed by atoms with Crippen LogP contribution in [0.3, 0.4) is 0 Å². The molecule has 0 amide bonds. The van der Waals surface area contributed by atoms with E-state index in [0.29, 0.717) is 0 Å². The number of ether oxygens (including phenoxy) is 2. The number of carboxylic acids is 2. The van der Waals surface area contributed by atoms with Gasteiger partial charge in [0.1, 0.15) is 6.61 Å². The van der Waals surface area contributed by atoms with Crippen LogP contribution in [0, 0.1) is 11.3 Å². The zero-order valence-electron chi connectivity index (χ0n) is 14.8. The van der Waals surface area contributed by atoms with E-state index in [0.717, 1.165) is 12.5 Å². The number of esters is 1. The molecule has 1 rings (SSSR count). The molecular formula is C18H24O8. The summed E-state index contributed by atoms with van der Waals surface area (Å²) in [4.78, 5) is 33.7. The number of aliphatic hydroxyl groups excluding tert-OH is 1. The number of benzene rings is 1. The van der Waals surface area contributed by atoms with Crippen molar-refractivity contribution in [3.8, 4) is 0 Å². The molecule has 0 aliphatic carbocycles. The van der Waals surface area contributed by atoms with Crippen LogP contribution in [0.5, 0.6) is 0 Å². The highest BCUT2D eigenvalue weighted by molar-refractivity contribution is 5.78. The first-order chi connectivity index (χ1) is 12.2. The van der Waals surface area contributed by atoms with Crippen molar-refractivity contribution in [2.75, 3.05) is 13.2 Å². The van der Waals surface area contributed by atoms with E-state index < -0.39 is 48.4 Å². The SMILES string of the molecule is CC(=O)OC[C@@H](O)C(C)(COCc1ccccc1)[C@@H](CC(=O)O)C(=O)O. The number of aliphatic carboxylic acids is 2. The predicted octanol–water partition coefficient (Wildman–Crippen LogP) is 1.31. The third-order valence-corrected chi connectivity index (χ3v) is 4.20. The molecule has 26 heavy (non-hydrogen) atoms. The maximum Gasteiger partial charge on any atom is 0.307 e. The Morgan fingerprint density at radius 3 is 2.27 bits per heavy atom. The van der Waals surface area contributed by atoms with Crippen molar-refractivity contribution in [1.82, 2.24) is 0 Å². The third kappa shape index (κ3) is 6.45. The Kier molecular flexibility index (Phi) is 8.21. The number of carboxylic acid groups (broad SMARTS) is 2. The summed E-state index contributed by atoms with van der Waals surface area (Å²) in [6.07, 6.45) is -2.11. The summed E-state index contributed by atoms with van der Waals surface area (Å²) < 4.78 is 10.3. The fourth-order valence-electron chi connectivity index (χ4n) is 2.56. The molecule has 0 heterocycles. The van der Waals surface area contributed by atoms with Gasteiger partial charge in [-0.1, -0.05) is 37.3 Å². The number of carbonyl (C=O) groups excluding carboxylic acids is 1. The Morgan fingerprint density at radius 2 is 1.77 bits per heavy atom. The molecule has 1 unspecified atom stereocenters. The summed E-state index contributed by atoms with van der Waals surface area (Å²) in [7, 11) is 0. The molecule has 3 N–H and O–H groups in total. The van der Waals surface area contributed by atoms with Crippen LogP contribution in [-0.2, 0) is 30.5 Å². The van der Waals surface area contributed by atoms with Gasteiger partial charge in [-0.2, -0.15) is 0 Å². The predicted molar refractivity (Wildman–Crippen MR) is 90.2 cm³/mol. The van der Waals surface area contributed by atoms with E-state index in [1.54, 1.807) is 0 Å². The summed E-state index contributed by atoms with van der Waals surface area (Å²) in [5.74, 6) is -4.76. The maximum absolute atomic E-state index is 11.6. The van der Waals surface area contributed by atoms with Gasteiger partial charge >= 0.3 is 17.9 Å². The van der Waals surface area contributed by atoms with E-state index in [-0.39, 0.29) is 13.2 Å². The van der Waals surface area contributed by atoms with Crippen LogP contribution in [0.15, 0.2) is 30.3 Å². The lowest BCUT2D eigenvalue weighted by atomic mass is 9.71. The van der Waals surface area contributed by atoms with Gasteiger partial charge in [-0.3, -0.25) is 14.4 Å². The molecule has 0 radical (unpaired) electrons. The van der Waals surface area contributed by atoms with Crippen molar-refractivity contribution in [3.05, 3.63) is 35.9 Å².